The van der Waals surface area contributed by atoms with Crippen molar-refractivity contribution in [2.24, 2.45) is 11.8 Å². The molecule has 0 aliphatic carbocycles. The number of nitrogens with zero attached hydrogens (tertiary/aromatic N) is 3. The van der Waals surface area contributed by atoms with Crippen LogP contribution >= 0.6 is 0 Å². The van der Waals surface area contributed by atoms with E-state index in [0.717, 1.165) is 41.3 Å². The zero-order chi connectivity index (χ0) is 20.7. The second-order valence-electron chi connectivity index (χ2n) is 8.73. The second kappa shape index (κ2) is 7.62. The number of aromatic nitrogens is 2. The van der Waals surface area contributed by atoms with Gasteiger partial charge in [-0.05, 0) is 67.5 Å². The summed E-state index contributed by atoms with van der Waals surface area (Å²) in [7, 11) is 0. The van der Waals surface area contributed by atoms with E-state index in [1.807, 2.05) is 40.6 Å². The highest BCUT2D eigenvalue weighted by atomic mass is 19.1. The van der Waals surface area contributed by atoms with Gasteiger partial charge in [-0.1, -0.05) is 19.9 Å². The number of likely N-dealkylation sites (tertiary alicyclic amines) is 1. The average molecular weight is 394 g/mol. The number of pyridine rings is 1. The molecule has 3 aromatic rings. The van der Waals surface area contributed by atoms with Gasteiger partial charge in [-0.3, -0.25) is 4.79 Å². The summed E-state index contributed by atoms with van der Waals surface area (Å²) < 4.78 is 15.8. The van der Waals surface area contributed by atoms with Crippen molar-refractivity contribution >= 4 is 11.6 Å². The second-order valence-corrected chi connectivity index (χ2v) is 8.73. The smallest absolute Gasteiger partial charge is 0.228 e. The van der Waals surface area contributed by atoms with Crippen molar-refractivity contribution in [2.45, 2.75) is 40.5 Å². The molecule has 0 N–H and O–H groups in total. The molecule has 2 atom stereocenters. The molecule has 2 unspecified atom stereocenters. The lowest BCUT2D eigenvalue weighted by molar-refractivity contribution is -0.133. The van der Waals surface area contributed by atoms with Crippen LogP contribution in [0.4, 0.5) is 4.39 Å². The lowest BCUT2D eigenvalue weighted by Crippen LogP contribution is -2.43. The van der Waals surface area contributed by atoms with Crippen LogP contribution in [-0.2, 0) is 11.2 Å². The van der Waals surface area contributed by atoms with Crippen LogP contribution in [0.5, 0.6) is 0 Å². The van der Waals surface area contributed by atoms with E-state index in [4.69, 9.17) is 4.98 Å². The SMILES string of the molecule is Cc1ccc2nc(-c3ccc(F)c(C)c3)c(CC(=O)N3CC(C)CC(C)C3)n2c1. The Labute approximate surface area is 171 Å². The molecule has 0 bridgehead atoms. The Morgan fingerprint density at radius 2 is 1.86 bits per heavy atom. The van der Waals surface area contributed by atoms with E-state index in [9.17, 15) is 9.18 Å². The minimum atomic E-state index is -0.234. The molecule has 3 heterocycles. The average Bonchev–Trinajstić information content (AvgIpc) is 3.01. The van der Waals surface area contributed by atoms with Gasteiger partial charge < -0.3 is 9.30 Å². The third-order valence-electron chi connectivity index (χ3n) is 5.84. The fraction of sp³-hybridized carbons (Fsp3) is 0.417. The van der Waals surface area contributed by atoms with Gasteiger partial charge in [0, 0.05) is 24.8 Å². The number of piperidine rings is 1. The quantitative estimate of drug-likeness (QED) is 0.641. The number of carbonyl (C=O) groups is 1. The first-order valence-corrected chi connectivity index (χ1v) is 10.3. The van der Waals surface area contributed by atoms with Crippen LogP contribution in [0.25, 0.3) is 16.9 Å². The van der Waals surface area contributed by atoms with Crippen molar-refractivity contribution in [3.05, 3.63) is 59.2 Å². The number of imidazole rings is 1. The summed E-state index contributed by atoms with van der Waals surface area (Å²) in [6, 6.07) is 9.01. The molecule has 4 nitrogen and oxygen atoms in total. The number of benzene rings is 1. The molecule has 2 aromatic heterocycles. The van der Waals surface area contributed by atoms with Gasteiger partial charge in [-0.15, -0.1) is 0 Å². The Hall–Kier alpha value is -2.69. The zero-order valence-corrected chi connectivity index (χ0v) is 17.6. The van der Waals surface area contributed by atoms with Gasteiger partial charge >= 0.3 is 0 Å². The minimum absolute atomic E-state index is 0.131. The fourth-order valence-corrected chi connectivity index (χ4v) is 4.51. The van der Waals surface area contributed by atoms with E-state index in [1.165, 1.54) is 12.5 Å². The number of rotatable bonds is 3. The lowest BCUT2D eigenvalue weighted by Gasteiger charge is -2.35. The maximum absolute atomic E-state index is 13.8. The normalized spacial score (nSPS) is 19.7. The predicted octanol–water partition coefficient (Wildman–Crippen LogP) is 4.80. The predicted molar refractivity (Wildman–Crippen MR) is 113 cm³/mol. The maximum atomic E-state index is 13.8. The summed E-state index contributed by atoms with van der Waals surface area (Å²) in [5, 5.41) is 0. The Bertz CT molecular complexity index is 1060. The van der Waals surface area contributed by atoms with Crippen LogP contribution in [0.15, 0.2) is 36.5 Å². The molecule has 1 amide bonds. The van der Waals surface area contributed by atoms with Gasteiger partial charge in [-0.25, -0.2) is 9.37 Å². The van der Waals surface area contributed by atoms with Crippen molar-refractivity contribution in [1.29, 1.82) is 0 Å². The Kier molecular flexibility index (Phi) is 5.15. The van der Waals surface area contributed by atoms with Crippen molar-refractivity contribution in [2.75, 3.05) is 13.1 Å². The number of amides is 1. The molecule has 0 spiro atoms. The first kappa shape index (κ1) is 19.6. The van der Waals surface area contributed by atoms with E-state index in [1.54, 1.807) is 13.0 Å². The van der Waals surface area contributed by atoms with Gasteiger partial charge in [0.15, 0.2) is 0 Å². The van der Waals surface area contributed by atoms with E-state index in [-0.39, 0.29) is 18.1 Å². The highest BCUT2D eigenvalue weighted by Crippen LogP contribution is 2.28. The monoisotopic (exact) mass is 393 g/mol. The number of halogens is 1. The molecule has 1 saturated heterocycles. The highest BCUT2D eigenvalue weighted by molar-refractivity contribution is 5.82. The first-order valence-electron chi connectivity index (χ1n) is 10.3. The minimum Gasteiger partial charge on any atom is -0.342 e. The molecule has 0 saturated carbocycles. The number of fused-ring (bicyclic) bond motifs is 1. The van der Waals surface area contributed by atoms with Gasteiger partial charge in [0.1, 0.15) is 11.5 Å². The molecule has 1 aliphatic rings. The van der Waals surface area contributed by atoms with Crippen LogP contribution in [0.2, 0.25) is 0 Å². The van der Waals surface area contributed by atoms with Crippen molar-refractivity contribution in [3.8, 4) is 11.3 Å². The third-order valence-corrected chi connectivity index (χ3v) is 5.84. The summed E-state index contributed by atoms with van der Waals surface area (Å²) in [6.07, 6.45) is 3.47. The molecule has 1 aliphatic heterocycles. The van der Waals surface area contributed by atoms with E-state index in [2.05, 4.69) is 13.8 Å². The number of aryl methyl sites for hydroxylation is 2. The van der Waals surface area contributed by atoms with Crippen LogP contribution in [-0.4, -0.2) is 33.3 Å². The summed E-state index contributed by atoms with van der Waals surface area (Å²) in [5.74, 6) is 0.937. The molecule has 4 rings (SSSR count). The molecule has 0 radical (unpaired) electrons. The third kappa shape index (κ3) is 3.91. The Balaban J connectivity index is 1.76. The van der Waals surface area contributed by atoms with Crippen molar-refractivity contribution in [3.63, 3.8) is 0 Å². The van der Waals surface area contributed by atoms with Gasteiger partial charge in [0.2, 0.25) is 5.91 Å². The lowest BCUT2D eigenvalue weighted by atomic mass is 9.91. The van der Waals surface area contributed by atoms with Crippen LogP contribution in [0, 0.1) is 31.5 Å². The molecular formula is C24H28FN3O. The molecule has 1 aromatic carbocycles. The van der Waals surface area contributed by atoms with E-state index < -0.39 is 0 Å². The van der Waals surface area contributed by atoms with Crippen molar-refractivity contribution < 1.29 is 9.18 Å². The van der Waals surface area contributed by atoms with Crippen LogP contribution in [0.3, 0.4) is 0 Å². The van der Waals surface area contributed by atoms with E-state index in [0.29, 0.717) is 17.4 Å². The molecule has 1 fully saturated rings. The Morgan fingerprint density at radius 1 is 1.14 bits per heavy atom. The number of hydrogen-bond donors (Lipinski definition) is 0. The fourth-order valence-electron chi connectivity index (χ4n) is 4.51. The topological polar surface area (TPSA) is 37.6 Å². The standard InChI is InChI=1S/C24H28FN3O/c1-15-5-8-22-26-24(19-6-7-20(25)18(4)10-19)21(28(22)14-15)11-23(29)27-12-16(2)9-17(3)13-27/h5-8,10,14,16-17H,9,11-13H2,1-4H3. The number of carbonyl (C=O) groups excluding carboxylic acids is 1. The molecule has 5 heteroatoms. The zero-order valence-electron chi connectivity index (χ0n) is 17.6. The van der Waals surface area contributed by atoms with Gasteiger partial charge in [0.05, 0.1) is 17.8 Å². The summed E-state index contributed by atoms with van der Waals surface area (Å²) in [4.78, 5) is 20.0. The summed E-state index contributed by atoms with van der Waals surface area (Å²) >= 11 is 0. The Morgan fingerprint density at radius 3 is 2.55 bits per heavy atom. The summed E-state index contributed by atoms with van der Waals surface area (Å²) in [6.45, 7) is 9.81. The van der Waals surface area contributed by atoms with Crippen LogP contribution in [0.1, 0.15) is 37.1 Å². The van der Waals surface area contributed by atoms with E-state index >= 15 is 0 Å². The maximum Gasteiger partial charge on any atom is 0.228 e. The molecule has 29 heavy (non-hydrogen) atoms. The summed E-state index contributed by atoms with van der Waals surface area (Å²) in [5.41, 5.74) is 4.94. The highest BCUT2D eigenvalue weighted by Gasteiger charge is 2.27. The number of hydrogen-bond acceptors (Lipinski definition) is 2. The first-order chi connectivity index (χ1) is 13.8. The van der Waals surface area contributed by atoms with Gasteiger partial charge in [0.25, 0.3) is 0 Å². The van der Waals surface area contributed by atoms with Crippen molar-refractivity contribution in [1.82, 2.24) is 14.3 Å². The largest absolute Gasteiger partial charge is 0.342 e. The van der Waals surface area contributed by atoms with Crippen LogP contribution < -0.4 is 0 Å². The molecule has 152 valence electrons. The molecular weight excluding hydrogens is 365 g/mol. The van der Waals surface area contributed by atoms with Gasteiger partial charge in [-0.2, -0.15) is 0 Å².